The normalized spacial score (nSPS) is 13.7. The van der Waals surface area contributed by atoms with Gasteiger partial charge in [-0.25, -0.2) is 0 Å². The van der Waals surface area contributed by atoms with Crippen LogP contribution in [-0.2, 0) is 14.3 Å². The molecule has 0 rings (SSSR count). The highest BCUT2D eigenvalue weighted by molar-refractivity contribution is 5.77. The Morgan fingerprint density at radius 2 is 0.879 bits per heavy atom. The van der Waals surface area contributed by atoms with Gasteiger partial charge in [0.2, 0.25) is 5.91 Å². The van der Waals surface area contributed by atoms with Crippen LogP contribution in [-0.4, -0.2) is 46.9 Å². The summed E-state index contributed by atoms with van der Waals surface area (Å²) in [6, 6.07) is -0.704. The zero-order valence-corrected chi connectivity index (χ0v) is 38.4. The summed E-state index contributed by atoms with van der Waals surface area (Å²) in [6.45, 7) is 6.42. The number of ether oxygens (including phenoxy) is 1. The average molecular weight is 814 g/mol. The third kappa shape index (κ3) is 40.6. The van der Waals surface area contributed by atoms with Crippen molar-refractivity contribution < 1.29 is 24.5 Å². The number of esters is 1. The van der Waals surface area contributed by atoms with E-state index in [9.17, 15) is 19.8 Å². The van der Waals surface area contributed by atoms with Gasteiger partial charge < -0.3 is 20.3 Å². The number of aliphatic hydroxyl groups is 2. The lowest BCUT2D eigenvalue weighted by Crippen LogP contribution is -2.46. The van der Waals surface area contributed by atoms with E-state index in [0.717, 1.165) is 77.0 Å². The molecule has 0 heterocycles. The van der Waals surface area contributed by atoms with Crippen molar-refractivity contribution in [2.75, 3.05) is 6.61 Å². The number of unbranched alkanes of at least 4 members (excludes halogenated alkanes) is 24. The second-order valence-electron chi connectivity index (χ2n) is 16.9. The topological polar surface area (TPSA) is 95.9 Å². The Bertz CT molecular complexity index is 1000. The maximum Gasteiger partial charge on any atom is 0.306 e. The molecule has 0 saturated heterocycles. The van der Waals surface area contributed by atoms with Gasteiger partial charge >= 0.3 is 5.97 Å². The summed E-state index contributed by atoms with van der Waals surface area (Å²) in [7, 11) is 0. The number of rotatable bonds is 44. The summed E-state index contributed by atoms with van der Waals surface area (Å²) >= 11 is 0. The van der Waals surface area contributed by atoms with Crippen LogP contribution in [0.5, 0.6) is 0 Å². The summed E-state index contributed by atoms with van der Waals surface area (Å²) < 4.78 is 5.90. The van der Waals surface area contributed by atoms with Gasteiger partial charge in [0.05, 0.1) is 25.2 Å². The molecule has 3 unspecified atom stereocenters. The van der Waals surface area contributed by atoms with Gasteiger partial charge in [-0.05, 0) is 70.6 Å². The number of aliphatic hydroxyl groups excluding tert-OH is 2. The van der Waals surface area contributed by atoms with Crippen molar-refractivity contribution in [3.8, 4) is 0 Å². The van der Waals surface area contributed by atoms with E-state index >= 15 is 0 Å². The Balaban J connectivity index is 4.57. The van der Waals surface area contributed by atoms with Crippen LogP contribution in [0.1, 0.15) is 245 Å². The maximum atomic E-state index is 13.1. The predicted molar refractivity (Wildman–Crippen MR) is 250 cm³/mol. The van der Waals surface area contributed by atoms with E-state index in [1.54, 1.807) is 0 Å². The van der Waals surface area contributed by atoms with E-state index in [2.05, 4.69) is 74.7 Å². The van der Waals surface area contributed by atoms with Gasteiger partial charge in [0.1, 0.15) is 6.10 Å². The third-order valence-electron chi connectivity index (χ3n) is 11.2. The van der Waals surface area contributed by atoms with E-state index in [1.165, 1.54) is 122 Å². The zero-order valence-electron chi connectivity index (χ0n) is 38.4. The van der Waals surface area contributed by atoms with Crippen LogP contribution < -0.4 is 5.32 Å². The fraction of sp³-hybridized carbons (Fsp3) is 0.808. The molecule has 0 aliphatic rings. The molecule has 0 aromatic heterocycles. The van der Waals surface area contributed by atoms with Crippen LogP contribution in [0.2, 0.25) is 0 Å². The van der Waals surface area contributed by atoms with Crippen LogP contribution in [0, 0.1) is 0 Å². The molecule has 0 aliphatic heterocycles. The molecule has 0 bridgehead atoms. The molecular weight excluding hydrogens is 719 g/mol. The van der Waals surface area contributed by atoms with Gasteiger partial charge in [-0.1, -0.05) is 211 Å². The van der Waals surface area contributed by atoms with E-state index in [0.29, 0.717) is 19.3 Å². The number of carbonyl (C=O) groups excluding carboxylic acids is 2. The van der Waals surface area contributed by atoms with Crippen LogP contribution in [0.25, 0.3) is 0 Å². The first kappa shape index (κ1) is 55.8. The smallest absolute Gasteiger partial charge is 0.306 e. The minimum Gasteiger partial charge on any atom is -0.462 e. The summed E-state index contributed by atoms with van der Waals surface area (Å²) in [5.74, 6) is -0.507. The molecule has 0 aromatic carbocycles. The molecule has 58 heavy (non-hydrogen) atoms. The first-order chi connectivity index (χ1) is 28.5. The molecule has 0 aromatic rings. The van der Waals surface area contributed by atoms with Crippen LogP contribution in [0.3, 0.4) is 0 Å². The van der Waals surface area contributed by atoms with E-state index in [4.69, 9.17) is 4.74 Å². The van der Waals surface area contributed by atoms with Crippen molar-refractivity contribution in [2.24, 2.45) is 0 Å². The van der Waals surface area contributed by atoms with Gasteiger partial charge in [0.25, 0.3) is 0 Å². The maximum absolute atomic E-state index is 13.1. The van der Waals surface area contributed by atoms with Crippen molar-refractivity contribution in [3.05, 3.63) is 48.6 Å². The van der Waals surface area contributed by atoms with E-state index < -0.39 is 18.2 Å². The lowest BCUT2D eigenvalue weighted by molar-refractivity contribution is -0.151. The first-order valence-electron chi connectivity index (χ1n) is 24.9. The lowest BCUT2D eigenvalue weighted by Gasteiger charge is -2.24. The van der Waals surface area contributed by atoms with E-state index in [1.807, 2.05) is 0 Å². The Labute approximate surface area is 359 Å². The number of amides is 1. The molecular formula is C52H95NO5. The first-order valence-corrected chi connectivity index (χ1v) is 24.9. The predicted octanol–water partition coefficient (Wildman–Crippen LogP) is 14.7. The van der Waals surface area contributed by atoms with Gasteiger partial charge in [0, 0.05) is 6.42 Å². The van der Waals surface area contributed by atoms with E-state index in [-0.39, 0.29) is 24.9 Å². The van der Waals surface area contributed by atoms with Crippen LogP contribution >= 0.6 is 0 Å². The quantitative estimate of drug-likeness (QED) is 0.0323. The van der Waals surface area contributed by atoms with Gasteiger partial charge in [-0.3, -0.25) is 9.59 Å². The average Bonchev–Trinajstić information content (AvgIpc) is 3.22. The molecule has 0 spiro atoms. The van der Waals surface area contributed by atoms with Gasteiger partial charge in [0.15, 0.2) is 0 Å². The number of nitrogens with one attached hydrogen (secondary N) is 1. The van der Waals surface area contributed by atoms with Crippen LogP contribution in [0.4, 0.5) is 0 Å². The summed E-state index contributed by atoms with van der Waals surface area (Å²) in [6.07, 6.45) is 54.6. The monoisotopic (exact) mass is 814 g/mol. The SMILES string of the molecule is CCCCC/C=C\C/C=C\C/C=C\C/C=C\CCCCCC(=O)OC(CCCCCCCCCCCCC)CC(=O)NC(CO)C(O)CCCCCCCCCCC. The molecule has 6 heteroatoms. The Kier molecular flexibility index (Phi) is 44.2. The van der Waals surface area contributed by atoms with Crippen molar-refractivity contribution in [2.45, 2.75) is 264 Å². The zero-order chi connectivity index (χ0) is 42.4. The molecule has 3 N–H and O–H groups in total. The molecule has 0 saturated carbocycles. The van der Waals surface area contributed by atoms with Crippen LogP contribution in [0.15, 0.2) is 48.6 Å². The second kappa shape index (κ2) is 45.9. The highest BCUT2D eigenvalue weighted by Crippen LogP contribution is 2.17. The molecule has 0 radical (unpaired) electrons. The van der Waals surface area contributed by atoms with Crippen molar-refractivity contribution in [1.82, 2.24) is 5.32 Å². The molecule has 0 aliphatic carbocycles. The third-order valence-corrected chi connectivity index (χ3v) is 11.2. The standard InChI is InChI=1S/C52H95NO5/c1-4-7-10-13-16-19-21-22-23-24-25-26-27-28-30-33-36-39-42-45-52(57)58-48(43-40-37-34-32-29-20-17-14-11-8-5-2)46-51(56)53-49(47-54)50(55)44-41-38-35-31-18-15-12-9-6-3/h16,19,22-23,25-26,28,30,48-50,54-55H,4-15,17-18,20-21,24,27,29,31-47H2,1-3H3,(H,53,56)/b19-16-,23-22-,26-25-,30-28-. The summed E-state index contributed by atoms with van der Waals surface area (Å²) in [5.41, 5.74) is 0. The summed E-state index contributed by atoms with van der Waals surface area (Å²) in [4.78, 5) is 26.0. The number of hydrogen-bond acceptors (Lipinski definition) is 5. The minimum atomic E-state index is -0.790. The second-order valence-corrected chi connectivity index (χ2v) is 16.9. The lowest BCUT2D eigenvalue weighted by atomic mass is 10.0. The van der Waals surface area contributed by atoms with Crippen molar-refractivity contribution >= 4 is 11.9 Å². The molecule has 0 fully saturated rings. The molecule has 3 atom stereocenters. The highest BCUT2D eigenvalue weighted by Gasteiger charge is 2.24. The van der Waals surface area contributed by atoms with Gasteiger partial charge in [-0.15, -0.1) is 0 Å². The Hall–Kier alpha value is -2.18. The molecule has 338 valence electrons. The minimum absolute atomic E-state index is 0.0663. The largest absolute Gasteiger partial charge is 0.462 e. The number of hydrogen-bond donors (Lipinski definition) is 3. The van der Waals surface area contributed by atoms with Gasteiger partial charge in [-0.2, -0.15) is 0 Å². The number of allylic oxidation sites excluding steroid dienone is 8. The van der Waals surface area contributed by atoms with Crippen molar-refractivity contribution in [3.63, 3.8) is 0 Å². The Morgan fingerprint density at radius 1 is 0.500 bits per heavy atom. The molecule has 6 nitrogen and oxygen atoms in total. The fourth-order valence-electron chi connectivity index (χ4n) is 7.35. The Morgan fingerprint density at radius 3 is 1.34 bits per heavy atom. The summed E-state index contributed by atoms with van der Waals surface area (Å²) in [5, 5.41) is 23.6. The molecule has 1 amide bonds. The highest BCUT2D eigenvalue weighted by atomic mass is 16.5. The van der Waals surface area contributed by atoms with Crippen molar-refractivity contribution in [1.29, 1.82) is 0 Å². The number of carbonyl (C=O) groups is 2. The fourth-order valence-corrected chi connectivity index (χ4v) is 7.35.